The average molecular weight is 359 g/mol. The van der Waals surface area contributed by atoms with Crippen molar-refractivity contribution >= 4 is 17.8 Å². The van der Waals surface area contributed by atoms with Gasteiger partial charge in [-0.3, -0.25) is 4.79 Å². The molecular formula is C19H29N5O2. The number of piperidine rings is 1. The van der Waals surface area contributed by atoms with Crippen LogP contribution in [-0.2, 0) is 11.3 Å². The largest absolute Gasteiger partial charge is 0.363 e. The second-order valence-corrected chi connectivity index (χ2v) is 7.37. The van der Waals surface area contributed by atoms with Gasteiger partial charge in [-0.2, -0.15) is 0 Å². The van der Waals surface area contributed by atoms with Crippen LogP contribution in [0.3, 0.4) is 0 Å². The van der Waals surface area contributed by atoms with Crippen molar-refractivity contribution in [3.05, 3.63) is 23.9 Å². The molecule has 3 amide bonds. The van der Waals surface area contributed by atoms with Crippen molar-refractivity contribution in [3.8, 4) is 0 Å². The highest BCUT2D eigenvalue weighted by atomic mass is 16.2. The number of hydrogen-bond acceptors (Lipinski definition) is 4. The summed E-state index contributed by atoms with van der Waals surface area (Å²) < 4.78 is 0. The number of carbonyl (C=O) groups is 2. The molecule has 1 aromatic heterocycles. The Balaban J connectivity index is 1.42. The Hall–Kier alpha value is -2.31. The SMILES string of the molecule is CN(C)c1ccc(CNC(=O)C2CCN(C(=O)N3CCCC3)CC2)cn1. The van der Waals surface area contributed by atoms with Crippen molar-refractivity contribution in [1.82, 2.24) is 20.1 Å². The minimum absolute atomic E-state index is 0.00774. The van der Waals surface area contributed by atoms with Crippen molar-refractivity contribution in [3.63, 3.8) is 0 Å². The number of amides is 3. The number of aromatic nitrogens is 1. The molecule has 0 saturated carbocycles. The van der Waals surface area contributed by atoms with Crippen LogP contribution in [0, 0.1) is 5.92 Å². The van der Waals surface area contributed by atoms with Crippen molar-refractivity contribution in [2.24, 2.45) is 5.92 Å². The first-order valence-corrected chi connectivity index (χ1v) is 9.48. The van der Waals surface area contributed by atoms with Gasteiger partial charge in [-0.05, 0) is 37.3 Å². The molecule has 7 nitrogen and oxygen atoms in total. The molecule has 7 heteroatoms. The summed E-state index contributed by atoms with van der Waals surface area (Å²) in [7, 11) is 3.90. The van der Waals surface area contributed by atoms with Gasteiger partial charge in [0.1, 0.15) is 5.82 Å². The summed E-state index contributed by atoms with van der Waals surface area (Å²) in [6, 6.07) is 4.08. The van der Waals surface area contributed by atoms with E-state index in [1.807, 2.05) is 40.9 Å². The fourth-order valence-electron chi connectivity index (χ4n) is 3.56. The number of pyridine rings is 1. The smallest absolute Gasteiger partial charge is 0.319 e. The fraction of sp³-hybridized carbons (Fsp3) is 0.632. The lowest BCUT2D eigenvalue weighted by atomic mass is 9.96. The average Bonchev–Trinajstić information content (AvgIpc) is 3.20. The predicted octanol–water partition coefficient (Wildman–Crippen LogP) is 1.69. The van der Waals surface area contributed by atoms with E-state index in [1.54, 1.807) is 6.20 Å². The molecular weight excluding hydrogens is 330 g/mol. The molecule has 0 bridgehead atoms. The molecule has 2 aliphatic heterocycles. The number of nitrogens with zero attached hydrogens (tertiary/aromatic N) is 4. The number of hydrogen-bond donors (Lipinski definition) is 1. The standard InChI is InChI=1S/C19H29N5O2/c1-22(2)17-6-5-15(13-20-17)14-21-18(25)16-7-11-24(12-8-16)19(26)23-9-3-4-10-23/h5-6,13,16H,3-4,7-12,14H2,1-2H3,(H,21,25). The monoisotopic (exact) mass is 359 g/mol. The number of nitrogens with one attached hydrogen (secondary N) is 1. The Morgan fingerprint density at radius 2 is 1.77 bits per heavy atom. The van der Waals surface area contributed by atoms with Gasteiger partial charge in [0, 0.05) is 58.9 Å². The van der Waals surface area contributed by atoms with E-state index in [9.17, 15) is 9.59 Å². The zero-order valence-corrected chi connectivity index (χ0v) is 15.8. The molecule has 0 aliphatic carbocycles. The normalized spacial score (nSPS) is 18.1. The first kappa shape index (κ1) is 18.5. The van der Waals surface area contributed by atoms with Gasteiger partial charge in [0.05, 0.1) is 0 Å². The summed E-state index contributed by atoms with van der Waals surface area (Å²) in [6.07, 6.45) is 5.49. The first-order valence-electron chi connectivity index (χ1n) is 9.48. The predicted molar refractivity (Wildman–Crippen MR) is 101 cm³/mol. The summed E-state index contributed by atoms with van der Waals surface area (Å²) in [5.41, 5.74) is 0.991. The van der Waals surface area contributed by atoms with E-state index in [1.165, 1.54) is 0 Å². The summed E-state index contributed by atoms with van der Waals surface area (Å²) in [6.45, 7) is 3.59. The molecule has 0 spiro atoms. The zero-order valence-electron chi connectivity index (χ0n) is 15.8. The third-order valence-electron chi connectivity index (χ3n) is 5.25. The van der Waals surface area contributed by atoms with E-state index in [4.69, 9.17) is 0 Å². The molecule has 0 aromatic carbocycles. The van der Waals surface area contributed by atoms with Gasteiger partial charge in [0.15, 0.2) is 0 Å². The number of rotatable bonds is 4. The van der Waals surface area contributed by atoms with Gasteiger partial charge in [-0.25, -0.2) is 9.78 Å². The van der Waals surface area contributed by atoms with E-state index in [0.29, 0.717) is 19.6 Å². The van der Waals surface area contributed by atoms with Gasteiger partial charge in [0.25, 0.3) is 0 Å². The molecule has 142 valence electrons. The molecule has 2 aliphatic rings. The highest BCUT2D eigenvalue weighted by molar-refractivity contribution is 5.79. The van der Waals surface area contributed by atoms with Crippen LogP contribution in [0.2, 0.25) is 0 Å². The number of urea groups is 1. The Morgan fingerprint density at radius 1 is 1.12 bits per heavy atom. The van der Waals surface area contributed by atoms with Crippen molar-refractivity contribution in [1.29, 1.82) is 0 Å². The Labute approximate surface area is 155 Å². The van der Waals surface area contributed by atoms with Crippen LogP contribution in [0.4, 0.5) is 10.6 Å². The molecule has 1 N–H and O–H groups in total. The summed E-state index contributed by atoms with van der Waals surface area (Å²) in [5.74, 6) is 0.969. The summed E-state index contributed by atoms with van der Waals surface area (Å²) in [5, 5.41) is 3.01. The molecule has 2 fully saturated rings. The van der Waals surface area contributed by atoms with Crippen LogP contribution in [0.25, 0.3) is 0 Å². The van der Waals surface area contributed by atoms with E-state index in [-0.39, 0.29) is 17.9 Å². The molecule has 0 unspecified atom stereocenters. The second-order valence-electron chi connectivity index (χ2n) is 7.37. The minimum Gasteiger partial charge on any atom is -0.363 e. The Morgan fingerprint density at radius 3 is 2.35 bits per heavy atom. The molecule has 0 atom stereocenters. The lowest BCUT2D eigenvalue weighted by Gasteiger charge is -2.34. The van der Waals surface area contributed by atoms with E-state index in [0.717, 1.165) is 50.2 Å². The number of carbonyl (C=O) groups excluding carboxylic acids is 2. The van der Waals surface area contributed by atoms with E-state index >= 15 is 0 Å². The van der Waals surface area contributed by atoms with Crippen molar-refractivity contribution in [2.45, 2.75) is 32.2 Å². The third-order valence-corrected chi connectivity index (χ3v) is 5.25. The van der Waals surface area contributed by atoms with Gasteiger partial charge >= 0.3 is 6.03 Å². The fourth-order valence-corrected chi connectivity index (χ4v) is 3.56. The van der Waals surface area contributed by atoms with Gasteiger partial charge in [-0.15, -0.1) is 0 Å². The van der Waals surface area contributed by atoms with Gasteiger partial charge in [0.2, 0.25) is 5.91 Å². The third kappa shape index (κ3) is 4.45. The van der Waals surface area contributed by atoms with Gasteiger partial charge in [-0.1, -0.05) is 6.07 Å². The van der Waals surface area contributed by atoms with Crippen LogP contribution < -0.4 is 10.2 Å². The van der Waals surface area contributed by atoms with Crippen LogP contribution in [-0.4, -0.2) is 67.0 Å². The lowest BCUT2D eigenvalue weighted by Crippen LogP contribution is -2.47. The highest BCUT2D eigenvalue weighted by Crippen LogP contribution is 2.20. The maximum atomic E-state index is 12.4. The van der Waals surface area contributed by atoms with Crippen LogP contribution >= 0.6 is 0 Å². The molecule has 3 rings (SSSR count). The van der Waals surface area contributed by atoms with Crippen LogP contribution in [0.15, 0.2) is 18.3 Å². The maximum Gasteiger partial charge on any atom is 0.319 e. The van der Waals surface area contributed by atoms with Crippen molar-refractivity contribution < 1.29 is 9.59 Å². The van der Waals surface area contributed by atoms with E-state index < -0.39 is 0 Å². The Bertz CT molecular complexity index is 617. The van der Waals surface area contributed by atoms with Crippen LogP contribution in [0.5, 0.6) is 0 Å². The highest BCUT2D eigenvalue weighted by Gasteiger charge is 2.30. The number of likely N-dealkylation sites (tertiary alicyclic amines) is 2. The van der Waals surface area contributed by atoms with Crippen LogP contribution in [0.1, 0.15) is 31.2 Å². The lowest BCUT2D eigenvalue weighted by molar-refractivity contribution is -0.126. The topological polar surface area (TPSA) is 68.8 Å². The Kier molecular flexibility index (Phi) is 5.96. The summed E-state index contributed by atoms with van der Waals surface area (Å²) in [4.78, 5) is 35.0. The molecule has 0 radical (unpaired) electrons. The molecule has 26 heavy (non-hydrogen) atoms. The first-order chi connectivity index (χ1) is 12.5. The van der Waals surface area contributed by atoms with Gasteiger partial charge < -0.3 is 20.0 Å². The maximum absolute atomic E-state index is 12.4. The molecule has 3 heterocycles. The second kappa shape index (κ2) is 8.38. The minimum atomic E-state index is -0.00774. The van der Waals surface area contributed by atoms with Crippen molar-refractivity contribution in [2.75, 3.05) is 45.2 Å². The molecule has 1 aromatic rings. The zero-order chi connectivity index (χ0) is 18.5. The molecule has 2 saturated heterocycles. The summed E-state index contributed by atoms with van der Waals surface area (Å²) >= 11 is 0. The quantitative estimate of drug-likeness (QED) is 0.888. The number of anilines is 1. The van der Waals surface area contributed by atoms with E-state index in [2.05, 4.69) is 10.3 Å².